The second-order valence-electron chi connectivity index (χ2n) is 4.30. The smallest absolute Gasteiger partial charge is 0.242 e. The van der Waals surface area contributed by atoms with Crippen LogP contribution in [0.1, 0.15) is 19.8 Å². The molecule has 2 rings (SSSR count). The topological polar surface area (TPSA) is 49.4 Å². The number of nitrogens with one attached hydrogen (secondary N) is 1. The largest absolute Gasteiger partial charge is 0.325 e. The molecule has 0 saturated carbocycles. The maximum atomic E-state index is 11.6. The van der Waals surface area contributed by atoms with Gasteiger partial charge in [-0.15, -0.1) is 11.6 Å². The molecule has 1 saturated heterocycles. The van der Waals surface area contributed by atoms with E-state index in [0.29, 0.717) is 12.1 Å². The van der Waals surface area contributed by atoms with Crippen molar-refractivity contribution in [1.82, 2.24) is 0 Å². The average Bonchev–Trinajstić information content (AvgIpc) is 2.76. The Hall–Kier alpha value is -1.55. The molecule has 18 heavy (non-hydrogen) atoms. The van der Waals surface area contributed by atoms with Gasteiger partial charge in [0.1, 0.15) is 5.38 Å². The van der Waals surface area contributed by atoms with E-state index in [1.807, 2.05) is 12.1 Å². The van der Waals surface area contributed by atoms with Crippen LogP contribution in [0.2, 0.25) is 0 Å². The van der Waals surface area contributed by atoms with Gasteiger partial charge in [0.15, 0.2) is 0 Å². The predicted molar refractivity (Wildman–Crippen MR) is 72.0 cm³/mol. The van der Waals surface area contributed by atoms with E-state index >= 15 is 0 Å². The standard InChI is InChI=1S/C13H15ClN2O2/c1-9(14)13(18)15-10-4-6-11(7-5-10)16-8-2-3-12(16)17/h4-7,9H,2-3,8H2,1H3,(H,15,18). The molecule has 1 aliphatic rings. The molecule has 0 aliphatic carbocycles. The molecule has 0 spiro atoms. The summed E-state index contributed by atoms with van der Waals surface area (Å²) in [5.41, 5.74) is 1.55. The summed E-state index contributed by atoms with van der Waals surface area (Å²) in [4.78, 5) is 24.7. The minimum atomic E-state index is -0.565. The van der Waals surface area contributed by atoms with Gasteiger partial charge in [-0.2, -0.15) is 0 Å². The lowest BCUT2D eigenvalue weighted by atomic mass is 10.2. The molecule has 0 aromatic heterocycles. The fourth-order valence-electron chi connectivity index (χ4n) is 1.89. The van der Waals surface area contributed by atoms with Crippen LogP contribution in [0.4, 0.5) is 11.4 Å². The molecule has 1 aliphatic heterocycles. The van der Waals surface area contributed by atoms with Gasteiger partial charge in [-0.25, -0.2) is 0 Å². The van der Waals surface area contributed by atoms with Gasteiger partial charge < -0.3 is 10.2 Å². The van der Waals surface area contributed by atoms with Crippen LogP contribution in [0, 0.1) is 0 Å². The number of benzene rings is 1. The Bertz CT molecular complexity index is 457. The zero-order valence-corrected chi connectivity index (χ0v) is 10.9. The van der Waals surface area contributed by atoms with Crippen molar-refractivity contribution in [3.05, 3.63) is 24.3 Å². The highest BCUT2D eigenvalue weighted by Gasteiger charge is 2.21. The Morgan fingerprint density at radius 1 is 1.39 bits per heavy atom. The third-order valence-electron chi connectivity index (χ3n) is 2.88. The van der Waals surface area contributed by atoms with Crippen LogP contribution in [0.3, 0.4) is 0 Å². The maximum Gasteiger partial charge on any atom is 0.242 e. The first-order chi connectivity index (χ1) is 8.58. The van der Waals surface area contributed by atoms with Crippen molar-refractivity contribution >= 4 is 34.8 Å². The highest BCUT2D eigenvalue weighted by molar-refractivity contribution is 6.32. The molecular weight excluding hydrogens is 252 g/mol. The van der Waals surface area contributed by atoms with Crippen molar-refractivity contribution in [2.75, 3.05) is 16.8 Å². The second-order valence-corrected chi connectivity index (χ2v) is 4.96. The Balaban J connectivity index is 2.06. The first-order valence-electron chi connectivity index (χ1n) is 5.93. The Morgan fingerprint density at radius 2 is 2.06 bits per heavy atom. The Morgan fingerprint density at radius 3 is 2.56 bits per heavy atom. The number of nitrogens with zero attached hydrogens (tertiary/aromatic N) is 1. The number of alkyl halides is 1. The zero-order chi connectivity index (χ0) is 13.1. The van der Waals surface area contributed by atoms with Gasteiger partial charge in [-0.1, -0.05) is 0 Å². The summed E-state index contributed by atoms with van der Waals surface area (Å²) in [5, 5.41) is 2.13. The van der Waals surface area contributed by atoms with E-state index in [2.05, 4.69) is 5.32 Å². The van der Waals surface area contributed by atoms with Crippen molar-refractivity contribution in [2.45, 2.75) is 25.1 Å². The van der Waals surface area contributed by atoms with Crippen molar-refractivity contribution in [2.24, 2.45) is 0 Å². The van der Waals surface area contributed by atoms with Crippen LogP contribution in [-0.2, 0) is 9.59 Å². The molecular formula is C13H15ClN2O2. The van der Waals surface area contributed by atoms with Crippen LogP contribution in [0.25, 0.3) is 0 Å². The number of hydrogen-bond acceptors (Lipinski definition) is 2. The molecule has 1 aromatic rings. The van der Waals surface area contributed by atoms with Gasteiger partial charge in [-0.05, 0) is 37.6 Å². The molecule has 4 nitrogen and oxygen atoms in total. The number of halogens is 1. The van der Waals surface area contributed by atoms with E-state index in [4.69, 9.17) is 11.6 Å². The minimum absolute atomic E-state index is 0.154. The van der Waals surface area contributed by atoms with Crippen LogP contribution in [0.15, 0.2) is 24.3 Å². The molecule has 1 unspecified atom stereocenters. The summed E-state index contributed by atoms with van der Waals surface area (Å²) >= 11 is 5.67. The summed E-state index contributed by atoms with van der Waals surface area (Å²) < 4.78 is 0. The summed E-state index contributed by atoms with van der Waals surface area (Å²) in [6, 6.07) is 7.21. The normalized spacial score (nSPS) is 16.8. The summed E-state index contributed by atoms with van der Waals surface area (Å²) in [6.07, 6.45) is 1.52. The van der Waals surface area contributed by atoms with Gasteiger partial charge in [0.2, 0.25) is 11.8 Å². The number of amides is 2. The van der Waals surface area contributed by atoms with Crippen LogP contribution < -0.4 is 10.2 Å². The monoisotopic (exact) mass is 266 g/mol. The molecule has 0 radical (unpaired) electrons. The van der Waals surface area contributed by atoms with Crippen molar-refractivity contribution < 1.29 is 9.59 Å². The number of anilines is 2. The summed E-state index contributed by atoms with van der Waals surface area (Å²) in [5.74, 6) is -0.0807. The lowest BCUT2D eigenvalue weighted by Crippen LogP contribution is -2.23. The van der Waals surface area contributed by atoms with Crippen LogP contribution in [0.5, 0.6) is 0 Å². The van der Waals surface area contributed by atoms with E-state index in [1.165, 1.54) is 0 Å². The van der Waals surface area contributed by atoms with E-state index < -0.39 is 5.38 Å². The van der Waals surface area contributed by atoms with E-state index in [0.717, 1.165) is 18.7 Å². The molecule has 2 amide bonds. The van der Waals surface area contributed by atoms with E-state index in [9.17, 15) is 9.59 Å². The average molecular weight is 267 g/mol. The maximum absolute atomic E-state index is 11.6. The van der Waals surface area contributed by atoms with Crippen molar-refractivity contribution in [3.63, 3.8) is 0 Å². The molecule has 96 valence electrons. The SMILES string of the molecule is CC(Cl)C(=O)Nc1ccc(N2CCCC2=O)cc1. The molecule has 1 aromatic carbocycles. The highest BCUT2D eigenvalue weighted by Crippen LogP contribution is 2.23. The molecule has 1 N–H and O–H groups in total. The molecule has 5 heteroatoms. The lowest BCUT2D eigenvalue weighted by Gasteiger charge is -2.16. The van der Waals surface area contributed by atoms with Crippen molar-refractivity contribution in [3.8, 4) is 0 Å². The highest BCUT2D eigenvalue weighted by atomic mass is 35.5. The number of carbonyl (C=O) groups is 2. The van der Waals surface area contributed by atoms with E-state index in [1.54, 1.807) is 24.0 Å². The Labute approximate surface area is 111 Å². The first-order valence-corrected chi connectivity index (χ1v) is 6.37. The first kappa shape index (κ1) is 12.9. The van der Waals surface area contributed by atoms with Gasteiger partial charge in [-0.3, -0.25) is 9.59 Å². The third kappa shape index (κ3) is 2.82. The van der Waals surface area contributed by atoms with Gasteiger partial charge in [0.25, 0.3) is 0 Å². The molecule has 1 heterocycles. The number of hydrogen-bond donors (Lipinski definition) is 1. The quantitative estimate of drug-likeness (QED) is 0.854. The second kappa shape index (κ2) is 5.40. The number of carbonyl (C=O) groups excluding carboxylic acids is 2. The minimum Gasteiger partial charge on any atom is -0.325 e. The molecule has 1 fully saturated rings. The fraction of sp³-hybridized carbons (Fsp3) is 0.385. The van der Waals surface area contributed by atoms with Gasteiger partial charge in [0, 0.05) is 24.3 Å². The van der Waals surface area contributed by atoms with Crippen LogP contribution >= 0.6 is 11.6 Å². The molecule has 1 atom stereocenters. The molecule has 0 bridgehead atoms. The van der Waals surface area contributed by atoms with Crippen molar-refractivity contribution in [1.29, 1.82) is 0 Å². The Kier molecular flexibility index (Phi) is 3.87. The summed E-state index contributed by atoms with van der Waals surface area (Å²) in [6.45, 7) is 2.39. The van der Waals surface area contributed by atoms with Gasteiger partial charge in [0.05, 0.1) is 0 Å². The zero-order valence-electron chi connectivity index (χ0n) is 10.1. The van der Waals surface area contributed by atoms with E-state index in [-0.39, 0.29) is 11.8 Å². The van der Waals surface area contributed by atoms with Gasteiger partial charge >= 0.3 is 0 Å². The predicted octanol–water partition coefficient (Wildman–Crippen LogP) is 2.38. The third-order valence-corrected chi connectivity index (χ3v) is 3.08. The fourth-order valence-corrected chi connectivity index (χ4v) is 1.94. The summed E-state index contributed by atoms with van der Waals surface area (Å²) in [7, 11) is 0. The lowest BCUT2D eigenvalue weighted by molar-refractivity contribution is -0.117. The number of rotatable bonds is 3. The van der Waals surface area contributed by atoms with Crippen LogP contribution in [-0.4, -0.2) is 23.7 Å².